The minimum absolute atomic E-state index is 0.00407. The largest absolute Gasteiger partial charge is 0.334 e. The third-order valence-electron chi connectivity index (χ3n) is 5.73. The van der Waals surface area contributed by atoms with Crippen molar-refractivity contribution < 1.29 is 14.4 Å². The van der Waals surface area contributed by atoms with Crippen molar-refractivity contribution in [2.24, 2.45) is 5.16 Å². The minimum atomic E-state index is -0.386. The molecule has 0 spiro atoms. The fraction of sp³-hybridized carbons (Fsp3) is 0.179. The molecule has 166 valence electrons. The molecule has 0 aliphatic carbocycles. The van der Waals surface area contributed by atoms with Gasteiger partial charge in [-0.05, 0) is 43.2 Å². The molecule has 0 aliphatic rings. The first-order valence-corrected chi connectivity index (χ1v) is 11.0. The molecule has 1 heterocycles. The lowest BCUT2D eigenvalue weighted by Crippen LogP contribution is -2.09. The summed E-state index contributed by atoms with van der Waals surface area (Å²) >= 11 is 0. The van der Waals surface area contributed by atoms with Crippen molar-refractivity contribution >= 4 is 28.4 Å². The summed E-state index contributed by atoms with van der Waals surface area (Å²) in [6.45, 7) is 5.36. The van der Waals surface area contributed by atoms with Crippen LogP contribution in [0.4, 0.5) is 0 Å². The zero-order valence-electron chi connectivity index (χ0n) is 19.0. The number of nitrogens with zero attached hydrogens (tertiary/aromatic N) is 2. The minimum Gasteiger partial charge on any atom is -0.318 e. The molecule has 0 N–H and O–H groups in total. The van der Waals surface area contributed by atoms with Crippen LogP contribution in [0.15, 0.2) is 84.1 Å². The molecule has 0 saturated carbocycles. The van der Waals surface area contributed by atoms with Gasteiger partial charge >= 0.3 is 5.97 Å². The van der Waals surface area contributed by atoms with E-state index >= 15 is 0 Å². The zero-order chi connectivity index (χ0) is 23.4. The van der Waals surface area contributed by atoms with Crippen LogP contribution in [0.25, 0.3) is 16.6 Å². The highest BCUT2D eigenvalue weighted by Gasteiger charge is 2.19. The molecule has 0 aliphatic heterocycles. The normalized spacial score (nSPS) is 11.5. The van der Waals surface area contributed by atoms with Gasteiger partial charge in [0.05, 0.1) is 16.9 Å². The Hall–Kier alpha value is -3.99. The Morgan fingerprint density at radius 3 is 2.36 bits per heavy atom. The van der Waals surface area contributed by atoms with Crippen LogP contribution in [0.1, 0.15) is 47.3 Å². The number of oxime groups is 1. The topological polar surface area (TPSA) is 60.7 Å². The third-order valence-corrected chi connectivity index (χ3v) is 5.73. The average molecular weight is 439 g/mol. The standard InChI is InChI=1S/C28H26N2O3/c1-4-28(32)33-29-25(17-21-12-6-5-11-19(21)2)24-18-30(27-16-10-8-14-23(24)27)26-15-9-7-13-22(26)20(3)31/h5-16,18H,4,17H2,1-3H3/b29-25+. The first-order valence-electron chi connectivity index (χ1n) is 11.0. The number of hydrogen-bond acceptors (Lipinski definition) is 4. The fourth-order valence-electron chi connectivity index (χ4n) is 3.93. The van der Waals surface area contributed by atoms with Crippen molar-refractivity contribution in [3.8, 4) is 5.69 Å². The van der Waals surface area contributed by atoms with Gasteiger partial charge < -0.3 is 9.40 Å². The maximum atomic E-state index is 12.3. The molecule has 0 amide bonds. The maximum absolute atomic E-state index is 12.3. The highest BCUT2D eigenvalue weighted by Crippen LogP contribution is 2.28. The lowest BCUT2D eigenvalue weighted by molar-refractivity contribution is -0.143. The Labute approximate surface area is 193 Å². The second-order valence-electron chi connectivity index (χ2n) is 7.96. The predicted octanol–water partition coefficient (Wildman–Crippen LogP) is 6.04. The zero-order valence-corrected chi connectivity index (χ0v) is 19.0. The summed E-state index contributed by atoms with van der Waals surface area (Å²) in [4.78, 5) is 29.4. The van der Waals surface area contributed by atoms with Gasteiger partial charge in [0.1, 0.15) is 0 Å². The molecular weight excluding hydrogens is 412 g/mol. The van der Waals surface area contributed by atoms with Crippen molar-refractivity contribution in [2.45, 2.75) is 33.6 Å². The number of aryl methyl sites for hydroxylation is 1. The number of carbonyl (C=O) groups excluding carboxylic acids is 2. The van der Waals surface area contributed by atoms with Gasteiger partial charge in [-0.2, -0.15) is 0 Å². The number of aromatic nitrogens is 1. The Bertz CT molecular complexity index is 1360. The summed E-state index contributed by atoms with van der Waals surface area (Å²) in [6.07, 6.45) is 2.73. The summed E-state index contributed by atoms with van der Waals surface area (Å²) in [5.41, 5.74) is 6.13. The molecular formula is C28H26N2O3. The van der Waals surface area contributed by atoms with E-state index in [-0.39, 0.29) is 18.2 Å². The number of hydrogen-bond donors (Lipinski definition) is 0. The number of para-hydroxylation sites is 2. The van der Waals surface area contributed by atoms with Crippen molar-refractivity contribution in [2.75, 3.05) is 0 Å². The van der Waals surface area contributed by atoms with Gasteiger partial charge in [0.2, 0.25) is 0 Å². The Kier molecular flexibility index (Phi) is 6.50. The summed E-state index contributed by atoms with van der Waals surface area (Å²) < 4.78 is 2.01. The van der Waals surface area contributed by atoms with E-state index in [0.29, 0.717) is 17.7 Å². The monoisotopic (exact) mass is 438 g/mol. The van der Waals surface area contributed by atoms with E-state index in [1.165, 1.54) is 0 Å². The van der Waals surface area contributed by atoms with E-state index in [4.69, 9.17) is 4.84 Å². The molecule has 0 radical (unpaired) electrons. The van der Waals surface area contributed by atoms with Crippen LogP contribution in [-0.2, 0) is 16.1 Å². The van der Waals surface area contributed by atoms with Gasteiger partial charge in [-0.15, -0.1) is 0 Å². The molecule has 5 nitrogen and oxygen atoms in total. The molecule has 0 unspecified atom stereocenters. The number of fused-ring (bicyclic) bond motifs is 1. The van der Waals surface area contributed by atoms with Gasteiger partial charge in [0, 0.05) is 35.6 Å². The summed E-state index contributed by atoms with van der Waals surface area (Å²) in [7, 11) is 0. The first kappa shape index (κ1) is 22.2. The van der Waals surface area contributed by atoms with Crippen molar-refractivity contribution in [3.63, 3.8) is 0 Å². The van der Waals surface area contributed by atoms with Crippen LogP contribution >= 0.6 is 0 Å². The number of Topliss-reactive ketones (excluding diaryl/α,β-unsaturated/α-hetero) is 1. The van der Waals surface area contributed by atoms with Crippen molar-refractivity contribution in [3.05, 3.63) is 101 Å². The molecule has 0 saturated heterocycles. The Morgan fingerprint density at radius 2 is 1.61 bits per heavy atom. The quantitative estimate of drug-likeness (QED) is 0.153. The summed E-state index contributed by atoms with van der Waals surface area (Å²) in [6, 6.07) is 23.6. The molecule has 5 heteroatoms. The van der Waals surface area contributed by atoms with Gasteiger partial charge in [0.15, 0.2) is 5.78 Å². The number of rotatable bonds is 7. The highest BCUT2D eigenvalue weighted by molar-refractivity contribution is 6.12. The second kappa shape index (κ2) is 9.65. The second-order valence-corrected chi connectivity index (χ2v) is 7.96. The van der Waals surface area contributed by atoms with E-state index in [1.54, 1.807) is 13.8 Å². The molecule has 3 aromatic carbocycles. The van der Waals surface area contributed by atoms with Crippen LogP contribution < -0.4 is 0 Å². The molecule has 4 rings (SSSR count). The van der Waals surface area contributed by atoms with Crippen molar-refractivity contribution in [1.29, 1.82) is 0 Å². The van der Waals surface area contributed by atoms with Crippen LogP contribution in [0, 0.1) is 6.92 Å². The molecule has 0 fully saturated rings. The van der Waals surface area contributed by atoms with E-state index < -0.39 is 0 Å². The average Bonchev–Trinajstić information content (AvgIpc) is 3.22. The number of carbonyl (C=O) groups is 2. The van der Waals surface area contributed by atoms with E-state index in [9.17, 15) is 9.59 Å². The maximum Gasteiger partial charge on any atom is 0.334 e. The number of benzene rings is 3. The summed E-state index contributed by atoms with van der Waals surface area (Å²) in [5, 5.41) is 5.27. The smallest absolute Gasteiger partial charge is 0.318 e. The van der Waals surface area contributed by atoms with Crippen LogP contribution in [0.5, 0.6) is 0 Å². The van der Waals surface area contributed by atoms with Crippen molar-refractivity contribution in [1.82, 2.24) is 4.57 Å². The molecule has 1 aromatic heterocycles. The first-order chi connectivity index (χ1) is 16.0. The molecule has 33 heavy (non-hydrogen) atoms. The molecule has 0 atom stereocenters. The van der Waals surface area contributed by atoms with Gasteiger partial charge in [-0.1, -0.05) is 66.7 Å². The van der Waals surface area contributed by atoms with E-state index in [0.717, 1.165) is 33.3 Å². The van der Waals surface area contributed by atoms with Crippen LogP contribution in [0.3, 0.4) is 0 Å². The van der Waals surface area contributed by atoms with Crippen LogP contribution in [0.2, 0.25) is 0 Å². The number of ketones is 1. The third kappa shape index (κ3) is 4.62. The molecule has 4 aromatic rings. The van der Waals surface area contributed by atoms with Gasteiger partial charge in [-0.3, -0.25) is 4.79 Å². The van der Waals surface area contributed by atoms with Crippen LogP contribution in [-0.4, -0.2) is 22.0 Å². The van der Waals surface area contributed by atoms with E-state index in [2.05, 4.69) is 24.2 Å². The lowest BCUT2D eigenvalue weighted by atomic mass is 9.98. The Morgan fingerprint density at radius 1 is 0.909 bits per heavy atom. The van der Waals surface area contributed by atoms with E-state index in [1.807, 2.05) is 71.4 Å². The molecule has 0 bridgehead atoms. The van der Waals surface area contributed by atoms with Gasteiger partial charge in [-0.25, -0.2) is 4.79 Å². The fourth-order valence-corrected chi connectivity index (χ4v) is 3.93. The highest BCUT2D eigenvalue weighted by atomic mass is 16.7. The Balaban J connectivity index is 1.91. The van der Waals surface area contributed by atoms with Gasteiger partial charge in [0.25, 0.3) is 0 Å². The summed E-state index contributed by atoms with van der Waals surface area (Å²) in [5.74, 6) is -0.390. The SMILES string of the molecule is CCC(=O)O/N=C(\Cc1ccccc1C)c1cn(-c2ccccc2C(C)=O)c2ccccc12. The predicted molar refractivity (Wildman–Crippen MR) is 131 cm³/mol. The lowest BCUT2D eigenvalue weighted by Gasteiger charge is -2.10.